The number of hydrogen-bond donors (Lipinski definition) is 2. The van der Waals surface area contributed by atoms with Gasteiger partial charge in [-0.05, 0) is 44.0 Å². The van der Waals surface area contributed by atoms with E-state index in [1.54, 1.807) is 0 Å². The highest BCUT2D eigenvalue weighted by Gasteiger charge is 2.20. The standard InChI is InChI=1S/C13H16ClN3O3/c14-10-1-2-11(12(8-10)17(19)20)16-13(18)7-9-3-5-15-6-4-9/h1-2,8-9,15H,3-7H2,(H,16,18). The van der Waals surface area contributed by atoms with Crippen LogP contribution in [0.4, 0.5) is 11.4 Å². The molecular formula is C13H16ClN3O3. The lowest BCUT2D eigenvalue weighted by atomic mass is 9.94. The van der Waals surface area contributed by atoms with Gasteiger partial charge in [-0.15, -0.1) is 0 Å². The number of nitro benzene ring substituents is 1. The molecule has 1 amide bonds. The number of carbonyl (C=O) groups is 1. The maximum absolute atomic E-state index is 12.0. The van der Waals surface area contributed by atoms with Crippen molar-refractivity contribution in [2.45, 2.75) is 19.3 Å². The smallest absolute Gasteiger partial charge is 0.294 e. The summed E-state index contributed by atoms with van der Waals surface area (Å²) < 4.78 is 0. The second-order valence-corrected chi connectivity index (χ2v) is 5.30. The van der Waals surface area contributed by atoms with E-state index >= 15 is 0 Å². The lowest BCUT2D eigenvalue weighted by Gasteiger charge is -2.21. The topological polar surface area (TPSA) is 84.3 Å². The highest BCUT2D eigenvalue weighted by Crippen LogP contribution is 2.28. The molecule has 6 nitrogen and oxygen atoms in total. The van der Waals surface area contributed by atoms with E-state index < -0.39 is 4.92 Å². The van der Waals surface area contributed by atoms with Gasteiger partial charge in [0.2, 0.25) is 5.91 Å². The van der Waals surface area contributed by atoms with Crippen LogP contribution in [-0.2, 0) is 4.79 Å². The Labute approximate surface area is 121 Å². The fourth-order valence-corrected chi connectivity index (χ4v) is 2.48. The third-order valence-corrected chi connectivity index (χ3v) is 3.60. The van der Waals surface area contributed by atoms with E-state index in [1.165, 1.54) is 18.2 Å². The first kappa shape index (κ1) is 14.7. The van der Waals surface area contributed by atoms with Gasteiger partial charge in [0.1, 0.15) is 5.69 Å². The number of nitrogens with one attached hydrogen (secondary N) is 2. The van der Waals surface area contributed by atoms with E-state index in [1.807, 2.05) is 0 Å². The SMILES string of the molecule is O=C(CC1CCNCC1)Nc1ccc(Cl)cc1[N+](=O)[O-]. The minimum absolute atomic E-state index is 0.184. The van der Waals surface area contributed by atoms with Crippen molar-refractivity contribution < 1.29 is 9.72 Å². The summed E-state index contributed by atoms with van der Waals surface area (Å²) in [4.78, 5) is 22.3. The number of halogens is 1. The van der Waals surface area contributed by atoms with Crippen LogP contribution in [0.3, 0.4) is 0 Å². The second-order valence-electron chi connectivity index (χ2n) is 4.86. The summed E-state index contributed by atoms with van der Waals surface area (Å²) in [7, 11) is 0. The maximum atomic E-state index is 12.0. The maximum Gasteiger partial charge on any atom is 0.294 e. The molecule has 1 saturated heterocycles. The van der Waals surface area contributed by atoms with Crippen LogP contribution in [-0.4, -0.2) is 23.9 Å². The predicted octanol–water partition coefficient (Wildman–Crippen LogP) is 2.58. The Hall–Kier alpha value is -1.66. The van der Waals surface area contributed by atoms with E-state index in [0.717, 1.165) is 25.9 Å². The molecule has 2 N–H and O–H groups in total. The Balaban J connectivity index is 2.01. The fraction of sp³-hybridized carbons (Fsp3) is 0.462. The summed E-state index contributed by atoms with van der Waals surface area (Å²) >= 11 is 5.73. The third-order valence-electron chi connectivity index (χ3n) is 3.36. The first-order chi connectivity index (χ1) is 9.56. The molecule has 0 aromatic heterocycles. The molecule has 7 heteroatoms. The van der Waals surface area contributed by atoms with Crippen molar-refractivity contribution in [3.8, 4) is 0 Å². The van der Waals surface area contributed by atoms with E-state index in [0.29, 0.717) is 12.3 Å². The molecule has 1 aliphatic heterocycles. The molecule has 0 unspecified atom stereocenters. The molecule has 2 rings (SSSR count). The Morgan fingerprint density at radius 2 is 2.15 bits per heavy atom. The zero-order valence-corrected chi connectivity index (χ0v) is 11.7. The van der Waals surface area contributed by atoms with Gasteiger partial charge in [0.25, 0.3) is 5.69 Å². The number of nitro groups is 1. The van der Waals surface area contributed by atoms with E-state index in [4.69, 9.17) is 11.6 Å². The number of rotatable bonds is 4. The monoisotopic (exact) mass is 297 g/mol. The van der Waals surface area contributed by atoms with Gasteiger partial charge >= 0.3 is 0 Å². The van der Waals surface area contributed by atoms with Crippen LogP contribution in [0.5, 0.6) is 0 Å². The summed E-state index contributed by atoms with van der Waals surface area (Å²) in [5.74, 6) is 0.143. The zero-order valence-electron chi connectivity index (χ0n) is 10.9. The van der Waals surface area contributed by atoms with Crippen LogP contribution in [0.15, 0.2) is 18.2 Å². The molecule has 1 aromatic rings. The van der Waals surface area contributed by atoms with Crippen LogP contribution >= 0.6 is 11.6 Å². The molecule has 0 spiro atoms. The summed E-state index contributed by atoms with van der Waals surface area (Å²) in [5, 5.41) is 17.0. The molecule has 20 heavy (non-hydrogen) atoms. The summed E-state index contributed by atoms with van der Waals surface area (Å²) in [6.45, 7) is 1.83. The summed E-state index contributed by atoms with van der Waals surface area (Å²) in [6, 6.07) is 4.22. The predicted molar refractivity (Wildman–Crippen MR) is 76.9 cm³/mol. The Kier molecular flexibility index (Phi) is 4.92. The van der Waals surface area contributed by atoms with Crippen LogP contribution in [0, 0.1) is 16.0 Å². The highest BCUT2D eigenvalue weighted by atomic mass is 35.5. The normalized spacial score (nSPS) is 15.8. The molecule has 0 aliphatic carbocycles. The number of benzene rings is 1. The molecule has 0 saturated carbocycles. The van der Waals surface area contributed by atoms with Crippen molar-refractivity contribution in [3.63, 3.8) is 0 Å². The van der Waals surface area contributed by atoms with Gasteiger partial charge in [-0.2, -0.15) is 0 Å². The molecule has 1 aromatic carbocycles. The molecule has 1 fully saturated rings. The minimum atomic E-state index is -0.550. The second kappa shape index (κ2) is 6.67. The van der Waals surface area contributed by atoms with Crippen LogP contribution in [0.1, 0.15) is 19.3 Å². The minimum Gasteiger partial charge on any atom is -0.320 e. The summed E-state index contributed by atoms with van der Waals surface area (Å²) in [6.07, 6.45) is 2.30. The van der Waals surface area contributed by atoms with Crippen molar-refractivity contribution in [2.75, 3.05) is 18.4 Å². The van der Waals surface area contributed by atoms with Crippen molar-refractivity contribution >= 4 is 28.9 Å². The van der Waals surface area contributed by atoms with Gasteiger partial charge in [0.05, 0.1) is 4.92 Å². The summed E-state index contributed by atoms with van der Waals surface area (Å²) in [5.41, 5.74) is 0.00879. The first-order valence-corrected chi connectivity index (χ1v) is 6.88. The van der Waals surface area contributed by atoms with Gasteiger partial charge < -0.3 is 10.6 Å². The van der Waals surface area contributed by atoms with Crippen LogP contribution < -0.4 is 10.6 Å². The van der Waals surface area contributed by atoms with Gasteiger partial charge in [-0.25, -0.2) is 0 Å². The number of hydrogen-bond acceptors (Lipinski definition) is 4. The average Bonchev–Trinajstić information content (AvgIpc) is 2.41. The van der Waals surface area contributed by atoms with Crippen molar-refractivity contribution in [1.82, 2.24) is 5.32 Å². The van der Waals surface area contributed by atoms with Crippen molar-refractivity contribution in [2.24, 2.45) is 5.92 Å². The van der Waals surface area contributed by atoms with E-state index in [2.05, 4.69) is 10.6 Å². The largest absolute Gasteiger partial charge is 0.320 e. The first-order valence-electron chi connectivity index (χ1n) is 6.51. The molecule has 0 atom stereocenters. The van der Waals surface area contributed by atoms with Crippen molar-refractivity contribution in [1.29, 1.82) is 0 Å². The molecule has 1 heterocycles. The van der Waals surface area contributed by atoms with E-state index in [9.17, 15) is 14.9 Å². The lowest BCUT2D eigenvalue weighted by Crippen LogP contribution is -2.30. The van der Waals surface area contributed by atoms with Gasteiger partial charge in [-0.1, -0.05) is 11.6 Å². The number of carbonyl (C=O) groups excluding carboxylic acids is 1. The van der Waals surface area contributed by atoms with Crippen LogP contribution in [0.2, 0.25) is 5.02 Å². The fourth-order valence-electron chi connectivity index (χ4n) is 2.31. The van der Waals surface area contributed by atoms with Gasteiger partial charge in [0, 0.05) is 17.5 Å². The Morgan fingerprint density at radius 3 is 2.80 bits per heavy atom. The van der Waals surface area contributed by atoms with E-state index in [-0.39, 0.29) is 22.3 Å². The van der Waals surface area contributed by atoms with Crippen molar-refractivity contribution in [3.05, 3.63) is 33.3 Å². The lowest BCUT2D eigenvalue weighted by molar-refractivity contribution is -0.383. The molecule has 108 valence electrons. The zero-order chi connectivity index (χ0) is 14.5. The number of piperidine rings is 1. The quantitative estimate of drug-likeness (QED) is 0.661. The molecule has 1 aliphatic rings. The average molecular weight is 298 g/mol. The Morgan fingerprint density at radius 1 is 1.45 bits per heavy atom. The molecule has 0 radical (unpaired) electrons. The number of amides is 1. The number of anilines is 1. The highest BCUT2D eigenvalue weighted by molar-refractivity contribution is 6.31. The van der Waals surface area contributed by atoms with Crippen LogP contribution in [0.25, 0.3) is 0 Å². The molecular weight excluding hydrogens is 282 g/mol. The number of nitrogens with zero attached hydrogens (tertiary/aromatic N) is 1. The third kappa shape index (κ3) is 3.91. The van der Waals surface area contributed by atoms with Gasteiger partial charge in [-0.3, -0.25) is 14.9 Å². The Bertz CT molecular complexity index is 516. The van der Waals surface area contributed by atoms with Gasteiger partial charge in [0.15, 0.2) is 0 Å². The molecule has 0 bridgehead atoms.